The monoisotopic (exact) mass is 346 g/mol. The second-order valence-corrected chi connectivity index (χ2v) is 5.88. The van der Waals surface area contributed by atoms with Crippen molar-refractivity contribution in [3.63, 3.8) is 0 Å². The Labute approximate surface area is 148 Å². The first kappa shape index (κ1) is 14.7. The molecule has 0 atom stereocenters. The van der Waals surface area contributed by atoms with E-state index >= 15 is 0 Å². The Morgan fingerprint density at radius 2 is 2.04 bits per heavy atom. The molecule has 0 bridgehead atoms. The van der Waals surface area contributed by atoms with E-state index in [0.717, 1.165) is 22.6 Å². The lowest BCUT2D eigenvalue weighted by Crippen LogP contribution is -2.30. The number of pyridine rings is 1. The van der Waals surface area contributed by atoms with Crippen LogP contribution in [0.1, 0.15) is 5.69 Å². The zero-order valence-corrected chi connectivity index (χ0v) is 13.9. The summed E-state index contributed by atoms with van der Waals surface area (Å²) in [6.45, 7) is 3.07. The van der Waals surface area contributed by atoms with Gasteiger partial charge in [-0.15, -0.1) is 0 Å². The normalized spacial score (nSPS) is 13.5. The van der Waals surface area contributed by atoms with Gasteiger partial charge in [0, 0.05) is 5.69 Å². The maximum Gasteiger partial charge on any atom is 0.181 e. The molecule has 5 heterocycles. The minimum absolute atomic E-state index is 0.516. The van der Waals surface area contributed by atoms with Crippen molar-refractivity contribution in [2.45, 2.75) is 6.92 Å². The number of aromatic nitrogens is 7. The fourth-order valence-electron chi connectivity index (χ4n) is 2.97. The third kappa shape index (κ3) is 2.32. The van der Waals surface area contributed by atoms with Crippen LogP contribution in [0.15, 0.2) is 36.9 Å². The van der Waals surface area contributed by atoms with Crippen molar-refractivity contribution in [2.24, 2.45) is 0 Å². The van der Waals surface area contributed by atoms with Gasteiger partial charge in [-0.1, -0.05) is 6.07 Å². The zero-order chi connectivity index (χ0) is 17.5. The summed E-state index contributed by atoms with van der Waals surface area (Å²) in [6, 6.07) is 5.77. The second kappa shape index (κ2) is 5.73. The van der Waals surface area contributed by atoms with E-state index in [1.54, 1.807) is 12.4 Å². The van der Waals surface area contributed by atoms with Gasteiger partial charge >= 0.3 is 0 Å². The highest BCUT2D eigenvalue weighted by Gasteiger charge is 2.25. The number of fused-ring (bicyclic) bond motifs is 2. The van der Waals surface area contributed by atoms with Gasteiger partial charge in [0.25, 0.3) is 0 Å². The number of anilines is 2. The lowest BCUT2D eigenvalue weighted by molar-refractivity contribution is 0.310. The van der Waals surface area contributed by atoms with Gasteiger partial charge in [-0.25, -0.2) is 24.9 Å². The predicted octanol–water partition coefficient (Wildman–Crippen LogP) is 2.04. The highest BCUT2D eigenvalue weighted by atomic mass is 16.5. The van der Waals surface area contributed by atoms with Crippen LogP contribution in [0.3, 0.4) is 0 Å². The molecule has 0 amide bonds. The average molecular weight is 346 g/mol. The summed E-state index contributed by atoms with van der Waals surface area (Å²) in [6.07, 6.45) is 4.90. The Morgan fingerprint density at radius 3 is 2.96 bits per heavy atom. The van der Waals surface area contributed by atoms with Crippen LogP contribution in [-0.4, -0.2) is 48.3 Å². The zero-order valence-electron chi connectivity index (χ0n) is 13.9. The summed E-state index contributed by atoms with van der Waals surface area (Å²) in [5.41, 5.74) is 2.31. The Balaban J connectivity index is 1.66. The maximum absolute atomic E-state index is 5.73. The Bertz CT molecular complexity index is 1110. The molecule has 9 heteroatoms. The lowest BCUT2D eigenvalue weighted by Gasteiger charge is -2.29. The largest absolute Gasteiger partial charge is 0.486 e. The van der Waals surface area contributed by atoms with Crippen LogP contribution in [-0.2, 0) is 0 Å². The first-order valence-corrected chi connectivity index (χ1v) is 8.15. The van der Waals surface area contributed by atoms with E-state index in [-0.39, 0.29) is 0 Å². The molecule has 0 unspecified atom stereocenters. The number of nitrogens with one attached hydrogen (secondary N) is 1. The third-order valence-electron chi connectivity index (χ3n) is 4.16. The van der Waals surface area contributed by atoms with Crippen molar-refractivity contribution in [1.82, 2.24) is 35.1 Å². The molecule has 9 nitrogen and oxygen atoms in total. The molecule has 1 N–H and O–H groups in total. The molecule has 0 spiro atoms. The van der Waals surface area contributed by atoms with Crippen LogP contribution >= 0.6 is 0 Å². The Hall–Kier alpha value is -3.62. The van der Waals surface area contributed by atoms with Crippen LogP contribution in [0.2, 0.25) is 0 Å². The molecule has 128 valence electrons. The topological polar surface area (TPSA) is 106 Å². The van der Waals surface area contributed by atoms with Gasteiger partial charge in [-0.05, 0) is 19.1 Å². The standard InChI is InChI=1S/C17H14N8O/c1-10-3-2-4-12(22-10)15-18-8-13-17(23-15)25(5-6-26-13)16-11-7-21-24-14(11)19-9-20-16/h2-4,7-9H,5-6H2,1H3,(H,19,20,21,24). The third-order valence-corrected chi connectivity index (χ3v) is 4.16. The van der Waals surface area contributed by atoms with E-state index in [9.17, 15) is 0 Å². The van der Waals surface area contributed by atoms with Crippen LogP contribution in [0.5, 0.6) is 5.75 Å². The predicted molar refractivity (Wildman–Crippen MR) is 94.2 cm³/mol. The summed E-state index contributed by atoms with van der Waals surface area (Å²) in [4.78, 5) is 24.3. The summed E-state index contributed by atoms with van der Waals surface area (Å²) < 4.78 is 5.73. The summed E-state index contributed by atoms with van der Waals surface area (Å²) >= 11 is 0. The number of H-pyrrole nitrogens is 1. The minimum Gasteiger partial charge on any atom is -0.486 e. The van der Waals surface area contributed by atoms with Gasteiger partial charge in [0.15, 0.2) is 23.0 Å². The number of nitrogens with zero attached hydrogens (tertiary/aromatic N) is 7. The van der Waals surface area contributed by atoms with E-state index in [1.807, 2.05) is 30.0 Å². The first-order valence-electron chi connectivity index (χ1n) is 8.15. The number of ether oxygens (including phenoxy) is 1. The van der Waals surface area contributed by atoms with E-state index in [2.05, 4.69) is 30.1 Å². The van der Waals surface area contributed by atoms with Gasteiger partial charge in [0.2, 0.25) is 0 Å². The fraction of sp³-hybridized carbons (Fsp3) is 0.176. The van der Waals surface area contributed by atoms with Crippen LogP contribution in [0.25, 0.3) is 22.6 Å². The molecular formula is C17H14N8O. The lowest BCUT2D eigenvalue weighted by atomic mass is 10.2. The molecule has 0 saturated carbocycles. The summed E-state index contributed by atoms with van der Waals surface area (Å²) in [5, 5.41) is 7.75. The van der Waals surface area contributed by atoms with Gasteiger partial charge < -0.3 is 9.64 Å². The molecule has 0 aromatic carbocycles. The van der Waals surface area contributed by atoms with E-state index in [1.165, 1.54) is 6.33 Å². The highest BCUT2D eigenvalue weighted by Crippen LogP contribution is 2.36. The average Bonchev–Trinajstić information content (AvgIpc) is 3.16. The molecule has 1 aliphatic heterocycles. The van der Waals surface area contributed by atoms with E-state index in [4.69, 9.17) is 9.72 Å². The SMILES string of the molecule is Cc1cccc(-c2ncc3c(n2)N(c2ncnc4[nH]ncc24)CCO3)n1. The molecule has 0 radical (unpaired) electrons. The van der Waals surface area contributed by atoms with Crippen molar-refractivity contribution in [2.75, 3.05) is 18.1 Å². The van der Waals surface area contributed by atoms with Gasteiger partial charge in [-0.3, -0.25) is 5.10 Å². The van der Waals surface area contributed by atoms with Gasteiger partial charge in [-0.2, -0.15) is 5.10 Å². The molecular weight excluding hydrogens is 332 g/mol. The molecule has 1 aliphatic rings. The van der Waals surface area contributed by atoms with Crippen LogP contribution in [0.4, 0.5) is 11.6 Å². The summed E-state index contributed by atoms with van der Waals surface area (Å²) in [5.74, 6) is 2.55. The number of hydrogen-bond acceptors (Lipinski definition) is 8. The maximum atomic E-state index is 5.73. The quantitative estimate of drug-likeness (QED) is 0.588. The minimum atomic E-state index is 0.516. The fourth-order valence-corrected chi connectivity index (χ4v) is 2.97. The number of aromatic amines is 1. The second-order valence-electron chi connectivity index (χ2n) is 5.88. The van der Waals surface area contributed by atoms with Crippen molar-refractivity contribution in [3.05, 3.63) is 42.6 Å². The molecule has 0 saturated heterocycles. The molecule has 4 aromatic rings. The van der Waals surface area contributed by atoms with Gasteiger partial charge in [0.05, 0.1) is 24.3 Å². The van der Waals surface area contributed by atoms with Crippen molar-refractivity contribution < 1.29 is 4.74 Å². The van der Waals surface area contributed by atoms with Gasteiger partial charge in [0.1, 0.15) is 24.4 Å². The number of rotatable bonds is 2. The van der Waals surface area contributed by atoms with Crippen molar-refractivity contribution in [1.29, 1.82) is 0 Å². The van der Waals surface area contributed by atoms with Crippen LogP contribution in [0, 0.1) is 6.92 Å². The van der Waals surface area contributed by atoms with Crippen LogP contribution < -0.4 is 9.64 Å². The smallest absolute Gasteiger partial charge is 0.181 e. The molecule has 4 aromatic heterocycles. The molecule has 0 aliphatic carbocycles. The van der Waals surface area contributed by atoms with E-state index in [0.29, 0.717) is 36.2 Å². The van der Waals surface area contributed by atoms with Crippen molar-refractivity contribution >= 4 is 22.7 Å². The Kier molecular flexibility index (Phi) is 3.24. The number of hydrogen-bond donors (Lipinski definition) is 1. The highest BCUT2D eigenvalue weighted by molar-refractivity contribution is 5.89. The molecule has 26 heavy (non-hydrogen) atoms. The molecule has 0 fully saturated rings. The first-order chi connectivity index (χ1) is 12.8. The van der Waals surface area contributed by atoms with E-state index < -0.39 is 0 Å². The van der Waals surface area contributed by atoms with Crippen molar-refractivity contribution in [3.8, 4) is 17.3 Å². The number of aryl methyl sites for hydroxylation is 1. The Morgan fingerprint density at radius 1 is 1.08 bits per heavy atom. The molecule has 5 rings (SSSR count). The summed E-state index contributed by atoms with van der Waals surface area (Å²) in [7, 11) is 0.